The highest BCUT2D eigenvalue weighted by Gasteiger charge is 2.08. The molecule has 0 aromatic heterocycles. The van der Waals surface area contributed by atoms with Gasteiger partial charge in [-0.15, -0.1) is 0 Å². The van der Waals surface area contributed by atoms with Crippen LogP contribution in [-0.2, 0) is 19.4 Å². The van der Waals surface area contributed by atoms with Crippen molar-refractivity contribution in [1.29, 1.82) is 0 Å². The zero-order valence-electron chi connectivity index (χ0n) is 30.4. The lowest BCUT2D eigenvalue weighted by Crippen LogP contribution is -2.01. The van der Waals surface area contributed by atoms with Gasteiger partial charge in [-0.2, -0.15) is 0 Å². The lowest BCUT2D eigenvalue weighted by molar-refractivity contribution is 0.279. The summed E-state index contributed by atoms with van der Waals surface area (Å²) in [5.41, 5.74) is 4.06. The minimum Gasteiger partial charge on any atom is -0.392 e. The monoisotopic (exact) mass is 613 g/mol. The first-order valence-corrected chi connectivity index (χ1v) is 20.5. The molecule has 1 aromatic carbocycles. The molecular formula is C43H80O. The number of hydrogen-bond donors (Lipinski definition) is 1. The first-order chi connectivity index (χ1) is 21.8. The zero-order chi connectivity index (χ0) is 31.6. The molecule has 0 heterocycles. The molecule has 0 unspecified atom stereocenters. The molecule has 1 rings (SSSR count). The van der Waals surface area contributed by atoms with Crippen molar-refractivity contribution in [2.45, 2.75) is 239 Å². The van der Waals surface area contributed by atoms with E-state index in [0.29, 0.717) is 0 Å². The van der Waals surface area contributed by atoms with Crippen LogP contribution in [0, 0.1) is 0 Å². The predicted octanol–water partition coefficient (Wildman–Crippen LogP) is 14.8. The highest BCUT2D eigenvalue weighted by molar-refractivity contribution is 5.35. The Balaban J connectivity index is 1.98. The fourth-order valence-corrected chi connectivity index (χ4v) is 7.09. The van der Waals surface area contributed by atoms with Crippen molar-refractivity contribution in [1.82, 2.24) is 0 Å². The molecule has 0 radical (unpaired) electrons. The molecule has 0 bridgehead atoms. The second kappa shape index (κ2) is 33.5. The fourth-order valence-electron chi connectivity index (χ4n) is 7.09. The minimum absolute atomic E-state index is 0.212. The largest absolute Gasteiger partial charge is 0.392 e. The van der Waals surface area contributed by atoms with Crippen LogP contribution < -0.4 is 0 Å². The number of hydrogen-bond acceptors (Lipinski definition) is 1. The van der Waals surface area contributed by atoms with Crippen LogP contribution in [0.5, 0.6) is 0 Å². The molecule has 0 aliphatic heterocycles. The third kappa shape index (κ3) is 25.4. The maximum Gasteiger partial charge on any atom is 0.0687 e. The molecule has 0 amide bonds. The summed E-state index contributed by atoms with van der Waals surface area (Å²) in [7, 11) is 0. The van der Waals surface area contributed by atoms with Gasteiger partial charge in [0.05, 0.1) is 6.61 Å². The van der Waals surface area contributed by atoms with Crippen LogP contribution in [0.15, 0.2) is 18.2 Å². The molecule has 0 saturated carbocycles. The van der Waals surface area contributed by atoms with E-state index < -0.39 is 0 Å². The standard InChI is InChI=1S/C43H80O/c1-3-5-7-9-11-13-15-17-19-21-23-25-27-29-31-33-36-41-38-35-39-42(43(41)40-44)37-34-32-30-28-26-24-22-20-18-16-14-12-10-8-6-4-2/h35,38-39,44H,3-34,36-37,40H2,1-2H3. The SMILES string of the molecule is CCCCCCCCCCCCCCCCCCc1cccc(CCCCCCCCCCCCCCCCCC)c1CO. The molecule has 0 aliphatic rings. The van der Waals surface area contributed by atoms with Gasteiger partial charge in [0, 0.05) is 0 Å². The molecule has 1 heteroatoms. The molecule has 0 spiro atoms. The second-order valence-corrected chi connectivity index (χ2v) is 14.3. The summed E-state index contributed by atoms with van der Waals surface area (Å²) in [4.78, 5) is 0. The van der Waals surface area contributed by atoms with Gasteiger partial charge < -0.3 is 5.11 Å². The highest BCUT2D eigenvalue weighted by Crippen LogP contribution is 2.22. The summed E-state index contributed by atoms with van der Waals surface area (Å²) in [6, 6.07) is 6.78. The van der Waals surface area contributed by atoms with Crippen molar-refractivity contribution in [3.63, 3.8) is 0 Å². The maximum absolute atomic E-state index is 10.2. The Hall–Kier alpha value is -0.820. The summed E-state index contributed by atoms with van der Waals surface area (Å²) >= 11 is 0. The highest BCUT2D eigenvalue weighted by atomic mass is 16.3. The fraction of sp³-hybridized carbons (Fsp3) is 0.860. The van der Waals surface area contributed by atoms with Crippen LogP contribution in [-0.4, -0.2) is 5.11 Å². The Kier molecular flexibility index (Phi) is 31.4. The molecule has 1 nitrogen and oxygen atoms in total. The first kappa shape index (κ1) is 41.2. The molecule has 1 N–H and O–H groups in total. The van der Waals surface area contributed by atoms with Crippen LogP contribution in [0.3, 0.4) is 0 Å². The molecular weight excluding hydrogens is 532 g/mol. The Morgan fingerprint density at radius 2 is 0.568 bits per heavy atom. The van der Waals surface area contributed by atoms with Gasteiger partial charge in [-0.05, 0) is 42.4 Å². The van der Waals surface area contributed by atoms with Gasteiger partial charge in [-0.3, -0.25) is 0 Å². The summed E-state index contributed by atoms with van der Waals surface area (Å²) in [6.45, 7) is 4.81. The van der Waals surface area contributed by atoms with Gasteiger partial charge in [0.15, 0.2) is 0 Å². The van der Waals surface area contributed by atoms with E-state index in [4.69, 9.17) is 0 Å². The van der Waals surface area contributed by atoms with Crippen LogP contribution in [0.4, 0.5) is 0 Å². The lowest BCUT2D eigenvalue weighted by atomic mass is 9.93. The van der Waals surface area contributed by atoms with Gasteiger partial charge in [0.2, 0.25) is 0 Å². The number of unbranched alkanes of at least 4 members (excludes halogenated alkanes) is 30. The first-order valence-electron chi connectivity index (χ1n) is 20.5. The van der Waals surface area contributed by atoms with E-state index in [1.807, 2.05) is 0 Å². The van der Waals surface area contributed by atoms with Crippen LogP contribution in [0.1, 0.15) is 236 Å². The van der Waals surface area contributed by atoms with E-state index in [-0.39, 0.29) is 6.61 Å². The van der Waals surface area contributed by atoms with E-state index in [1.165, 1.54) is 222 Å². The van der Waals surface area contributed by atoms with Gasteiger partial charge in [0.25, 0.3) is 0 Å². The predicted molar refractivity (Wildman–Crippen MR) is 199 cm³/mol. The molecule has 0 fully saturated rings. The minimum atomic E-state index is 0.212. The number of rotatable bonds is 35. The van der Waals surface area contributed by atoms with Crippen LogP contribution in [0.25, 0.3) is 0 Å². The van der Waals surface area contributed by atoms with Crippen molar-refractivity contribution >= 4 is 0 Å². The third-order valence-corrected chi connectivity index (χ3v) is 10.1. The van der Waals surface area contributed by atoms with Crippen LogP contribution in [0.2, 0.25) is 0 Å². The van der Waals surface area contributed by atoms with E-state index in [0.717, 1.165) is 12.8 Å². The molecule has 0 saturated heterocycles. The van der Waals surface area contributed by atoms with Gasteiger partial charge >= 0.3 is 0 Å². The third-order valence-electron chi connectivity index (χ3n) is 10.1. The summed E-state index contributed by atoms with van der Waals surface area (Å²) in [5, 5.41) is 10.2. The summed E-state index contributed by atoms with van der Waals surface area (Å²) in [5.74, 6) is 0. The zero-order valence-corrected chi connectivity index (χ0v) is 30.4. The smallest absolute Gasteiger partial charge is 0.0687 e. The number of aliphatic hydroxyl groups is 1. The van der Waals surface area contributed by atoms with E-state index >= 15 is 0 Å². The topological polar surface area (TPSA) is 20.2 Å². The number of benzene rings is 1. The lowest BCUT2D eigenvalue weighted by Gasteiger charge is -2.13. The van der Waals surface area contributed by atoms with E-state index in [2.05, 4.69) is 32.0 Å². The second-order valence-electron chi connectivity index (χ2n) is 14.3. The Labute approximate surface area is 278 Å². The summed E-state index contributed by atoms with van der Waals surface area (Å²) in [6.07, 6.45) is 47.7. The van der Waals surface area contributed by atoms with Crippen molar-refractivity contribution in [2.24, 2.45) is 0 Å². The maximum atomic E-state index is 10.2. The Morgan fingerprint density at radius 3 is 0.795 bits per heavy atom. The average Bonchev–Trinajstić information content (AvgIpc) is 3.04. The Morgan fingerprint density at radius 1 is 0.341 bits per heavy atom. The van der Waals surface area contributed by atoms with Gasteiger partial charge in [-0.25, -0.2) is 0 Å². The van der Waals surface area contributed by atoms with Gasteiger partial charge in [0.1, 0.15) is 0 Å². The van der Waals surface area contributed by atoms with E-state index in [9.17, 15) is 5.11 Å². The quantitative estimate of drug-likeness (QED) is 0.0756. The molecule has 44 heavy (non-hydrogen) atoms. The average molecular weight is 613 g/mol. The van der Waals surface area contributed by atoms with Crippen molar-refractivity contribution in [3.05, 3.63) is 34.9 Å². The molecule has 0 aliphatic carbocycles. The normalized spacial score (nSPS) is 11.5. The van der Waals surface area contributed by atoms with Crippen molar-refractivity contribution in [2.75, 3.05) is 0 Å². The van der Waals surface area contributed by atoms with Gasteiger partial charge in [-0.1, -0.05) is 225 Å². The Bertz CT molecular complexity index is 640. The molecule has 258 valence electrons. The summed E-state index contributed by atoms with van der Waals surface area (Å²) < 4.78 is 0. The molecule has 0 atom stereocenters. The number of aryl methyl sites for hydroxylation is 2. The molecule has 1 aromatic rings. The van der Waals surface area contributed by atoms with Crippen molar-refractivity contribution in [3.8, 4) is 0 Å². The van der Waals surface area contributed by atoms with Crippen molar-refractivity contribution < 1.29 is 5.11 Å². The number of aliphatic hydroxyl groups excluding tert-OH is 1. The van der Waals surface area contributed by atoms with E-state index in [1.54, 1.807) is 0 Å². The van der Waals surface area contributed by atoms with Crippen LogP contribution >= 0.6 is 0 Å².